The Bertz CT molecular complexity index is 529. The Kier molecular flexibility index (Phi) is 4.68. The molecule has 88 valence electrons. The molecule has 0 aromatic heterocycles. The lowest BCUT2D eigenvalue weighted by molar-refractivity contribution is 1.06. The summed E-state index contributed by atoms with van der Waals surface area (Å²) >= 11 is 8.71. The quantitative estimate of drug-likeness (QED) is 0.835. The van der Waals surface area contributed by atoms with E-state index in [9.17, 15) is 0 Å². The van der Waals surface area contributed by atoms with Gasteiger partial charge < -0.3 is 5.73 Å². The Morgan fingerprint density at radius 1 is 0.941 bits per heavy atom. The van der Waals surface area contributed by atoms with Crippen LogP contribution in [-0.4, -0.2) is 0 Å². The SMILES string of the molecule is NCc1cc(Br)cc(Sc2cccc(Br)c2)c1. The lowest BCUT2D eigenvalue weighted by Gasteiger charge is -2.05. The molecule has 2 rings (SSSR count). The third-order valence-electron chi connectivity index (χ3n) is 2.20. The van der Waals surface area contributed by atoms with Crippen LogP contribution < -0.4 is 5.73 Å². The van der Waals surface area contributed by atoms with Crippen LogP contribution in [0.3, 0.4) is 0 Å². The molecule has 0 spiro atoms. The highest BCUT2D eigenvalue weighted by molar-refractivity contribution is 9.10. The zero-order valence-electron chi connectivity index (χ0n) is 8.99. The first-order chi connectivity index (χ1) is 8.17. The van der Waals surface area contributed by atoms with Crippen molar-refractivity contribution in [1.29, 1.82) is 0 Å². The fourth-order valence-electron chi connectivity index (χ4n) is 1.46. The van der Waals surface area contributed by atoms with Crippen LogP contribution >= 0.6 is 43.6 Å². The van der Waals surface area contributed by atoms with E-state index in [1.54, 1.807) is 11.8 Å². The van der Waals surface area contributed by atoms with Crippen molar-refractivity contribution in [2.45, 2.75) is 16.3 Å². The largest absolute Gasteiger partial charge is 0.326 e. The molecule has 2 aromatic carbocycles. The fourth-order valence-corrected chi connectivity index (χ4v) is 3.71. The summed E-state index contributed by atoms with van der Waals surface area (Å²) in [6.45, 7) is 0.561. The van der Waals surface area contributed by atoms with Gasteiger partial charge in [0.2, 0.25) is 0 Å². The second-order valence-corrected chi connectivity index (χ2v) is 6.54. The number of benzene rings is 2. The van der Waals surface area contributed by atoms with Crippen molar-refractivity contribution in [2.75, 3.05) is 0 Å². The summed E-state index contributed by atoms with van der Waals surface area (Å²) in [7, 11) is 0. The Hall–Kier alpha value is -0.290. The molecule has 0 aliphatic carbocycles. The molecule has 0 saturated heterocycles. The maximum Gasteiger partial charge on any atom is 0.0189 e. The van der Waals surface area contributed by atoms with E-state index < -0.39 is 0 Å². The van der Waals surface area contributed by atoms with Crippen molar-refractivity contribution >= 4 is 43.6 Å². The van der Waals surface area contributed by atoms with Gasteiger partial charge in [-0.1, -0.05) is 49.7 Å². The van der Waals surface area contributed by atoms with Gasteiger partial charge in [0, 0.05) is 25.3 Å². The van der Waals surface area contributed by atoms with Gasteiger partial charge in [-0.3, -0.25) is 0 Å². The summed E-state index contributed by atoms with van der Waals surface area (Å²) < 4.78 is 2.16. The van der Waals surface area contributed by atoms with E-state index >= 15 is 0 Å². The molecule has 2 N–H and O–H groups in total. The molecule has 0 atom stereocenters. The van der Waals surface area contributed by atoms with Crippen molar-refractivity contribution < 1.29 is 0 Å². The van der Waals surface area contributed by atoms with E-state index in [1.807, 2.05) is 18.2 Å². The zero-order chi connectivity index (χ0) is 12.3. The first kappa shape index (κ1) is 13.1. The minimum atomic E-state index is 0.561. The van der Waals surface area contributed by atoms with Crippen LogP contribution in [0.4, 0.5) is 0 Å². The third kappa shape index (κ3) is 3.85. The highest BCUT2D eigenvalue weighted by Gasteiger charge is 2.01. The smallest absolute Gasteiger partial charge is 0.0189 e. The van der Waals surface area contributed by atoms with Crippen LogP contribution in [-0.2, 0) is 6.54 Å². The van der Waals surface area contributed by atoms with Crippen LogP contribution in [0, 0.1) is 0 Å². The molecule has 1 nitrogen and oxygen atoms in total. The highest BCUT2D eigenvalue weighted by atomic mass is 79.9. The van der Waals surface area contributed by atoms with E-state index in [4.69, 9.17) is 5.73 Å². The van der Waals surface area contributed by atoms with Gasteiger partial charge in [-0.15, -0.1) is 0 Å². The summed E-state index contributed by atoms with van der Waals surface area (Å²) in [4.78, 5) is 2.40. The Morgan fingerprint density at radius 3 is 2.41 bits per heavy atom. The second kappa shape index (κ2) is 6.05. The number of hydrogen-bond acceptors (Lipinski definition) is 2. The molecule has 4 heteroatoms. The standard InChI is InChI=1S/C13H11Br2NS/c14-10-2-1-3-12(6-10)17-13-5-9(8-16)4-11(15)7-13/h1-7H,8,16H2. The van der Waals surface area contributed by atoms with Crippen molar-refractivity contribution in [3.05, 3.63) is 57.0 Å². The lowest BCUT2D eigenvalue weighted by Crippen LogP contribution is -1.96. The normalized spacial score (nSPS) is 10.5. The minimum absolute atomic E-state index is 0.561. The number of rotatable bonds is 3. The highest BCUT2D eigenvalue weighted by Crippen LogP contribution is 2.31. The van der Waals surface area contributed by atoms with E-state index in [-0.39, 0.29) is 0 Å². The summed E-state index contributed by atoms with van der Waals surface area (Å²) in [5.74, 6) is 0. The first-order valence-electron chi connectivity index (χ1n) is 5.10. The number of hydrogen-bond donors (Lipinski definition) is 1. The van der Waals surface area contributed by atoms with Crippen LogP contribution in [0.15, 0.2) is 61.2 Å². The van der Waals surface area contributed by atoms with Crippen LogP contribution in [0.5, 0.6) is 0 Å². The second-order valence-electron chi connectivity index (χ2n) is 3.56. The van der Waals surface area contributed by atoms with Gasteiger partial charge in [-0.05, 0) is 42.0 Å². The molecule has 0 aliphatic rings. The van der Waals surface area contributed by atoms with Gasteiger partial charge in [-0.2, -0.15) is 0 Å². The van der Waals surface area contributed by atoms with Gasteiger partial charge >= 0.3 is 0 Å². The molecular formula is C13H11Br2NS. The van der Waals surface area contributed by atoms with Gasteiger partial charge in [0.05, 0.1) is 0 Å². The molecule has 0 unspecified atom stereocenters. The maximum absolute atomic E-state index is 5.67. The Labute approximate surface area is 122 Å². The molecular weight excluding hydrogens is 362 g/mol. The summed E-state index contributed by atoms with van der Waals surface area (Å²) in [6.07, 6.45) is 0. The Morgan fingerprint density at radius 2 is 1.71 bits per heavy atom. The average Bonchev–Trinajstić information content (AvgIpc) is 2.28. The Balaban J connectivity index is 2.26. The van der Waals surface area contributed by atoms with Gasteiger partial charge in [0.15, 0.2) is 0 Å². The van der Waals surface area contributed by atoms with Crippen molar-refractivity contribution in [3.63, 3.8) is 0 Å². The summed E-state index contributed by atoms with van der Waals surface area (Å²) in [5, 5.41) is 0. The van der Waals surface area contributed by atoms with E-state index in [1.165, 1.54) is 9.79 Å². The van der Waals surface area contributed by atoms with E-state index in [0.717, 1.165) is 14.5 Å². The van der Waals surface area contributed by atoms with Crippen LogP contribution in [0.25, 0.3) is 0 Å². The molecule has 2 aromatic rings. The van der Waals surface area contributed by atoms with Gasteiger partial charge in [0.25, 0.3) is 0 Å². The lowest BCUT2D eigenvalue weighted by atomic mass is 10.2. The molecule has 0 bridgehead atoms. The first-order valence-corrected chi connectivity index (χ1v) is 7.50. The molecule has 0 amide bonds. The molecule has 17 heavy (non-hydrogen) atoms. The summed E-state index contributed by atoms with van der Waals surface area (Å²) in [5.41, 5.74) is 6.80. The number of nitrogens with two attached hydrogens (primary N) is 1. The minimum Gasteiger partial charge on any atom is -0.326 e. The molecule has 0 heterocycles. The van der Waals surface area contributed by atoms with Gasteiger partial charge in [-0.25, -0.2) is 0 Å². The van der Waals surface area contributed by atoms with Gasteiger partial charge in [0.1, 0.15) is 0 Å². The van der Waals surface area contributed by atoms with Crippen molar-refractivity contribution in [2.24, 2.45) is 5.73 Å². The van der Waals surface area contributed by atoms with E-state index in [2.05, 4.69) is 56.1 Å². The topological polar surface area (TPSA) is 26.0 Å². The predicted molar refractivity (Wildman–Crippen MR) is 80.3 cm³/mol. The van der Waals surface area contributed by atoms with Crippen molar-refractivity contribution in [3.8, 4) is 0 Å². The molecule has 0 fully saturated rings. The van der Waals surface area contributed by atoms with Crippen LogP contribution in [0.2, 0.25) is 0 Å². The zero-order valence-corrected chi connectivity index (χ0v) is 13.0. The maximum atomic E-state index is 5.67. The third-order valence-corrected chi connectivity index (χ3v) is 4.11. The fraction of sp³-hybridized carbons (Fsp3) is 0.0769. The number of halogens is 2. The molecule has 0 saturated carbocycles. The summed E-state index contributed by atoms with van der Waals surface area (Å²) in [6, 6.07) is 14.5. The monoisotopic (exact) mass is 371 g/mol. The predicted octanol–water partition coefficient (Wildman–Crippen LogP) is 4.82. The average molecular weight is 373 g/mol. The van der Waals surface area contributed by atoms with Crippen LogP contribution in [0.1, 0.15) is 5.56 Å². The molecule has 0 radical (unpaired) electrons. The van der Waals surface area contributed by atoms with Crippen molar-refractivity contribution in [1.82, 2.24) is 0 Å². The van der Waals surface area contributed by atoms with E-state index in [0.29, 0.717) is 6.54 Å². The molecule has 0 aliphatic heterocycles.